The van der Waals surface area contributed by atoms with Gasteiger partial charge in [-0.1, -0.05) is 27.7 Å². The number of nitrogens with zero attached hydrogens (tertiary/aromatic N) is 4. The topological polar surface area (TPSA) is 124 Å². The summed E-state index contributed by atoms with van der Waals surface area (Å²) < 4.78 is 0. The molecule has 6 heteroatoms. The predicted octanol–water partition coefficient (Wildman–Crippen LogP) is 1.35. The molecule has 0 aliphatic rings. The predicted molar refractivity (Wildman–Crippen MR) is 61.7 cm³/mol. The standard InChI is InChI=1S/C10H16N4.H4N2/c1-7(2)9(5-11)13-14-10(6-12)8(3)4;1-2/h7-10H,1-4H3;1-2H2. The first kappa shape index (κ1) is 16.9. The molecule has 0 bridgehead atoms. The molecule has 0 heterocycles. The quantitative estimate of drug-likeness (QED) is 0.424. The van der Waals surface area contributed by atoms with Gasteiger partial charge in [-0.05, 0) is 11.8 Å². The van der Waals surface area contributed by atoms with E-state index in [4.69, 9.17) is 10.5 Å². The molecule has 0 fully saturated rings. The van der Waals surface area contributed by atoms with E-state index in [0.29, 0.717) is 0 Å². The van der Waals surface area contributed by atoms with Crippen LogP contribution in [-0.2, 0) is 0 Å². The van der Waals surface area contributed by atoms with Gasteiger partial charge in [-0.3, -0.25) is 11.7 Å². The van der Waals surface area contributed by atoms with E-state index >= 15 is 0 Å². The maximum absolute atomic E-state index is 8.73. The Balaban J connectivity index is 0. The molecular weight excluding hydrogens is 204 g/mol. The number of nitriles is 2. The van der Waals surface area contributed by atoms with E-state index in [1.165, 1.54) is 0 Å². The summed E-state index contributed by atoms with van der Waals surface area (Å²) in [6.07, 6.45) is 0. The fourth-order valence-electron chi connectivity index (χ4n) is 0.760. The highest BCUT2D eigenvalue weighted by atomic mass is 15.1. The Hall–Kier alpha value is -1.50. The first-order valence-corrected chi connectivity index (χ1v) is 5.05. The Morgan fingerprint density at radius 2 is 1.06 bits per heavy atom. The van der Waals surface area contributed by atoms with Crippen molar-refractivity contribution < 1.29 is 0 Å². The van der Waals surface area contributed by atoms with Crippen molar-refractivity contribution in [2.45, 2.75) is 39.8 Å². The minimum Gasteiger partial charge on any atom is -0.274 e. The second kappa shape index (κ2) is 10.0. The Bertz CT molecular complexity index is 242. The zero-order chi connectivity index (χ0) is 13.1. The van der Waals surface area contributed by atoms with E-state index in [1.54, 1.807) is 0 Å². The van der Waals surface area contributed by atoms with Gasteiger partial charge < -0.3 is 0 Å². The molecular formula is C10H20N6. The lowest BCUT2D eigenvalue weighted by Gasteiger charge is -2.09. The van der Waals surface area contributed by atoms with Crippen LogP contribution in [0.2, 0.25) is 0 Å². The van der Waals surface area contributed by atoms with Crippen molar-refractivity contribution in [1.29, 1.82) is 10.5 Å². The third-order valence-electron chi connectivity index (χ3n) is 1.84. The molecule has 0 radical (unpaired) electrons. The van der Waals surface area contributed by atoms with Gasteiger partial charge in [0.25, 0.3) is 0 Å². The van der Waals surface area contributed by atoms with Crippen molar-refractivity contribution in [2.24, 2.45) is 33.7 Å². The summed E-state index contributed by atoms with van der Waals surface area (Å²) >= 11 is 0. The number of hydrogen-bond acceptors (Lipinski definition) is 6. The Kier molecular flexibility index (Phi) is 10.6. The number of azo groups is 1. The zero-order valence-electron chi connectivity index (χ0n) is 10.3. The highest BCUT2D eigenvalue weighted by Gasteiger charge is 2.14. The molecule has 0 saturated heterocycles. The van der Waals surface area contributed by atoms with Crippen molar-refractivity contribution in [1.82, 2.24) is 0 Å². The van der Waals surface area contributed by atoms with Gasteiger partial charge in [0.05, 0.1) is 12.1 Å². The molecule has 0 spiro atoms. The van der Waals surface area contributed by atoms with Crippen LogP contribution in [0.15, 0.2) is 10.2 Å². The van der Waals surface area contributed by atoms with Crippen molar-refractivity contribution >= 4 is 0 Å². The van der Waals surface area contributed by atoms with Gasteiger partial charge >= 0.3 is 0 Å². The van der Waals surface area contributed by atoms with E-state index in [9.17, 15) is 0 Å². The summed E-state index contributed by atoms with van der Waals surface area (Å²) in [5.41, 5.74) is 0. The lowest BCUT2D eigenvalue weighted by atomic mass is 10.1. The van der Waals surface area contributed by atoms with Gasteiger partial charge in [0.2, 0.25) is 0 Å². The number of hydrazine groups is 1. The molecule has 2 unspecified atom stereocenters. The molecule has 0 aromatic heterocycles. The average Bonchev–Trinajstić information content (AvgIpc) is 2.26. The molecule has 0 amide bonds. The van der Waals surface area contributed by atoms with E-state index in [1.807, 2.05) is 27.7 Å². The summed E-state index contributed by atoms with van der Waals surface area (Å²) in [5, 5.41) is 25.2. The lowest BCUT2D eigenvalue weighted by Crippen LogP contribution is -2.13. The summed E-state index contributed by atoms with van der Waals surface area (Å²) in [4.78, 5) is 0. The first-order valence-electron chi connectivity index (χ1n) is 5.05. The second-order valence-corrected chi connectivity index (χ2v) is 3.87. The minimum atomic E-state index is -0.440. The lowest BCUT2D eigenvalue weighted by molar-refractivity contribution is 0.507. The van der Waals surface area contributed by atoms with Crippen LogP contribution in [0.3, 0.4) is 0 Å². The smallest absolute Gasteiger partial charge is 0.159 e. The van der Waals surface area contributed by atoms with Crippen molar-refractivity contribution in [2.75, 3.05) is 0 Å². The maximum atomic E-state index is 8.73. The van der Waals surface area contributed by atoms with Crippen molar-refractivity contribution in [3.8, 4) is 12.1 Å². The monoisotopic (exact) mass is 224 g/mol. The van der Waals surface area contributed by atoms with Gasteiger partial charge in [-0.25, -0.2) is 0 Å². The molecule has 4 N–H and O–H groups in total. The van der Waals surface area contributed by atoms with Crippen LogP contribution in [0.1, 0.15) is 27.7 Å². The molecule has 2 atom stereocenters. The van der Waals surface area contributed by atoms with Crippen LogP contribution in [-0.4, -0.2) is 12.1 Å². The fourth-order valence-corrected chi connectivity index (χ4v) is 0.760. The maximum Gasteiger partial charge on any atom is 0.159 e. The van der Waals surface area contributed by atoms with Crippen molar-refractivity contribution in [3.05, 3.63) is 0 Å². The fraction of sp³-hybridized carbons (Fsp3) is 0.800. The number of rotatable bonds is 4. The van der Waals surface area contributed by atoms with E-state index < -0.39 is 12.1 Å². The van der Waals surface area contributed by atoms with E-state index in [0.717, 1.165) is 0 Å². The molecule has 0 aliphatic heterocycles. The normalized spacial score (nSPS) is 13.9. The molecule has 16 heavy (non-hydrogen) atoms. The molecule has 0 saturated carbocycles. The molecule has 90 valence electrons. The Morgan fingerprint density at radius 3 is 1.19 bits per heavy atom. The van der Waals surface area contributed by atoms with E-state index in [-0.39, 0.29) is 11.8 Å². The van der Waals surface area contributed by atoms with E-state index in [2.05, 4.69) is 34.1 Å². The van der Waals surface area contributed by atoms with Crippen molar-refractivity contribution in [3.63, 3.8) is 0 Å². The highest BCUT2D eigenvalue weighted by molar-refractivity contribution is 4.94. The summed E-state index contributed by atoms with van der Waals surface area (Å²) in [6.45, 7) is 7.63. The van der Waals surface area contributed by atoms with Crippen LogP contribution < -0.4 is 11.7 Å². The third-order valence-corrected chi connectivity index (χ3v) is 1.84. The zero-order valence-corrected chi connectivity index (χ0v) is 10.3. The molecule has 0 aliphatic carbocycles. The SMILES string of the molecule is CC(C)C(C#N)N=NC(C#N)C(C)C.NN. The van der Waals surface area contributed by atoms with Gasteiger partial charge in [0, 0.05) is 0 Å². The Labute approximate surface area is 96.9 Å². The number of nitrogens with two attached hydrogens (primary N) is 2. The molecule has 0 rings (SSSR count). The highest BCUT2D eigenvalue weighted by Crippen LogP contribution is 2.10. The number of hydrogen-bond donors (Lipinski definition) is 2. The van der Waals surface area contributed by atoms with Crippen LogP contribution in [0.4, 0.5) is 0 Å². The summed E-state index contributed by atoms with van der Waals surface area (Å²) in [7, 11) is 0. The van der Waals surface area contributed by atoms with Gasteiger partial charge in [-0.15, -0.1) is 0 Å². The van der Waals surface area contributed by atoms with Gasteiger partial charge in [-0.2, -0.15) is 20.8 Å². The Morgan fingerprint density at radius 1 is 0.812 bits per heavy atom. The van der Waals surface area contributed by atoms with Crippen LogP contribution in [0, 0.1) is 34.5 Å². The second-order valence-electron chi connectivity index (χ2n) is 3.87. The average molecular weight is 224 g/mol. The van der Waals surface area contributed by atoms with Crippen LogP contribution in [0.5, 0.6) is 0 Å². The third kappa shape index (κ3) is 6.88. The van der Waals surface area contributed by atoms with Gasteiger partial charge in [0.15, 0.2) is 12.1 Å². The largest absolute Gasteiger partial charge is 0.274 e. The molecule has 0 aromatic rings. The minimum absolute atomic E-state index is 0.134. The van der Waals surface area contributed by atoms with Crippen LogP contribution in [0.25, 0.3) is 0 Å². The summed E-state index contributed by atoms with van der Waals surface area (Å²) in [6, 6.07) is 3.22. The van der Waals surface area contributed by atoms with Gasteiger partial charge in [0.1, 0.15) is 0 Å². The first-order chi connectivity index (χ1) is 7.52. The molecule has 6 nitrogen and oxygen atoms in total. The molecule has 0 aromatic carbocycles. The van der Waals surface area contributed by atoms with Crippen LogP contribution >= 0.6 is 0 Å². The summed E-state index contributed by atoms with van der Waals surface area (Å²) in [5.74, 6) is 8.27.